The molecule has 1 fully saturated rings. The second-order valence-electron chi connectivity index (χ2n) is 4.92. The molecule has 19 heavy (non-hydrogen) atoms. The van der Waals surface area contributed by atoms with Gasteiger partial charge >= 0.3 is 0 Å². The van der Waals surface area contributed by atoms with Gasteiger partial charge in [-0.3, -0.25) is 4.79 Å². The molecule has 1 saturated heterocycles. The number of nitrogens with two attached hydrogens (primary N) is 1. The fourth-order valence-corrected chi connectivity index (χ4v) is 2.39. The third-order valence-electron chi connectivity index (χ3n) is 3.18. The summed E-state index contributed by atoms with van der Waals surface area (Å²) < 4.78 is 10.7. The van der Waals surface area contributed by atoms with Crippen LogP contribution in [0.15, 0.2) is 18.2 Å². The maximum atomic E-state index is 12.4. The molecule has 5 heteroatoms. The average molecular weight is 264 g/mol. The van der Waals surface area contributed by atoms with E-state index in [4.69, 9.17) is 15.2 Å². The maximum Gasteiger partial charge on any atom is 0.254 e. The van der Waals surface area contributed by atoms with Gasteiger partial charge in [-0.1, -0.05) is 0 Å². The third-order valence-corrected chi connectivity index (χ3v) is 3.18. The van der Waals surface area contributed by atoms with Crippen LogP contribution in [0.25, 0.3) is 0 Å². The number of benzene rings is 1. The minimum atomic E-state index is -0.0173. The van der Waals surface area contributed by atoms with E-state index >= 15 is 0 Å². The van der Waals surface area contributed by atoms with E-state index in [1.807, 2.05) is 13.8 Å². The van der Waals surface area contributed by atoms with Crippen LogP contribution in [0.5, 0.6) is 5.75 Å². The first kappa shape index (κ1) is 13.7. The van der Waals surface area contributed by atoms with Gasteiger partial charge < -0.3 is 20.1 Å². The number of nitrogens with zero attached hydrogens (tertiary/aromatic N) is 1. The molecule has 1 aliphatic rings. The van der Waals surface area contributed by atoms with Gasteiger partial charge in [-0.05, 0) is 32.0 Å². The molecule has 1 aromatic rings. The number of hydrogen-bond donors (Lipinski definition) is 1. The second-order valence-corrected chi connectivity index (χ2v) is 4.92. The number of carbonyl (C=O) groups excluding carboxylic acids is 1. The number of ether oxygens (including phenoxy) is 2. The SMILES string of the molecule is COc1ccc(C(=O)N2C[C@@H](C)O[C@H](C)C2)cc1N. The van der Waals surface area contributed by atoms with Crippen LogP contribution in [0.1, 0.15) is 24.2 Å². The molecule has 1 aliphatic heterocycles. The van der Waals surface area contributed by atoms with Crippen molar-refractivity contribution in [2.75, 3.05) is 25.9 Å². The zero-order valence-electron chi connectivity index (χ0n) is 11.6. The summed E-state index contributed by atoms with van der Waals surface area (Å²) in [6.45, 7) is 5.15. The molecule has 1 aromatic carbocycles. The minimum absolute atomic E-state index is 0.0173. The van der Waals surface area contributed by atoms with Crippen LogP contribution < -0.4 is 10.5 Å². The first-order chi connectivity index (χ1) is 9.01. The van der Waals surface area contributed by atoms with Crippen LogP contribution in [0.2, 0.25) is 0 Å². The summed E-state index contributed by atoms with van der Waals surface area (Å²) in [7, 11) is 1.55. The van der Waals surface area contributed by atoms with Gasteiger partial charge in [-0.25, -0.2) is 0 Å². The predicted octanol–water partition coefficient (Wildman–Crippen LogP) is 1.53. The molecule has 0 unspecified atom stereocenters. The van der Waals surface area contributed by atoms with Gasteiger partial charge in [0.15, 0.2) is 0 Å². The molecule has 5 nitrogen and oxygen atoms in total. The molecule has 2 atom stereocenters. The molecule has 0 spiro atoms. The summed E-state index contributed by atoms with van der Waals surface area (Å²) >= 11 is 0. The zero-order valence-corrected chi connectivity index (χ0v) is 11.6. The maximum absolute atomic E-state index is 12.4. The molecule has 0 radical (unpaired) electrons. The lowest BCUT2D eigenvalue weighted by atomic mass is 10.1. The van der Waals surface area contributed by atoms with Crippen molar-refractivity contribution in [2.24, 2.45) is 0 Å². The van der Waals surface area contributed by atoms with Crippen molar-refractivity contribution in [1.82, 2.24) is 4.90 Å². The highest BCUT2D eigenvalue weighted by Crippen LogP contribution is 2.23. The smallest absolute Gasteiger partial charge is 0.254 e. The molecule has 104 valence electrons. The van der Waals surface area contributed by atoms with E-state index in [0.29, 0.717) is 30.1 Å². The monoisotopic (exact) mass is 264 g/mol. The Morgan fingerprint density at radius 2 is 2.00 bits per heavy atom. The predicted molar refractivity (Wildman–Crippen MR) is 73.3 cm³/mol. The van der Waals surface area contributed by atoms with Crippen molar-refractivity contribution in [2.45, 2.75) is 26.1 Å². The summed E-state index contributed by atoms with van der Waals surface area (Å²) in [6.07, 6.45) is 0.117. The number of hydrogen-bond acceptors (Lipinski definition) is 4. The molecular formula is C14H20N2O3. The van der Waals surface area contributed by atoms with E-state index in [1.165, 1.54) is 0 Å². The van der Waals surface area contributed by atoms with Crippen LogP contribution in [0, 0.1) is 0 Å². The van der Waals surface area contributed by atoms with Gasteiger partial charge in [-0.2, -0.15) is 0 Å². The number of rotatable bonds is 2. The molecule has 0 aliphatic carbocycles. The molecule has 0 aromatic heterocycles. The van der Waals surface area contributed by atoms with Crippen molar-refractivity contribution in [1.29, 1.82) is 0 Å². The van der Waals surface area contributed by atoms with Crippen molar-refractivity contribution >= 4 is 11.6 Å². The Balaban J connectivity index is 2.17. The highest BCUT2D eigenvalue weighted by atomic mass is 16.5. The molecule has 0 bridgehead atoms. The van der Waals surface area contributed by atoms with E-state index in [1.54, 1.807) is 30.2 Å². The summed E-state index contributed by atoms with van der Waals surface area (Å²) in [6, 6.07) is 5.12. The fourth-order valence-electron chi connectivity index (χ4n) is 2.39. The summed E-state index contributed by atoms with van der Waals surface area (Å²) in [5.41, 5.74) is 6.89. The molecular weight excluding hydrogens is 244 g/mol. The van der Waals surface area contributed by atoms with Gasteiger partial charge in [0.1, 0.15) is 5.75 Å². The number of anilines is 1. The topological polar surface area (TPSA) is 64.8 Å². The van der Waals surface area contributed by atoms with Crippen molar-refractivity contribution < 1.29 is 14.3 Å². The van der Waals surface area contributed by atoms with Crippen LogP contribution in [0.3, 0.4) is 0 Å². The van der Waals surface area contributed by atoms with E-state index in [0.717, 1.165) is 0 Å². The first-order valence-corrected chi connectivity index (χ1v) is 6.39. The third kappa shape index (κ3) is 2.98. The number of amides is 1. The number of carbonyl (C=O) groups is 1. The number of morpholine rings is 1. The Labute approximate surface area is 113 Å². The van der Waals surface area contributed by atoms with Crippen LogP contribution >= 0.6 is 0 Å². The Morgan fingerprint density at radius 3 is 2.53 bits per heavy atom. The Kier molecular flexibility index (Phi) is 3.95. The van der Waals surface area contributed by atoms with E-state index in [2.05, 4.69) is 0 Å². The first-order valence-electron chi connectivity index (χ1n) is 6.39. The highest BCUT2D eigenvalue weighted by Gasteiger charge is 2.26. The molecule has 1 heterocycles. The number of methoxy groups -OCH3 is 1. The van der Waals surface area contributed by atoms with Gasteiger partial charge in [-0.15, -0.1) is 0 Å². The Hall–Kier alpha value is -1.75. The lowest BCUT2D eigenvalue weighted by Crippen LogP contribution is -2.48. The Bertz CT molecular complexity index is 466. The highest BCUT2D eigenvalue weighted by molar-refractivity contribution is 5.95. The van der Waals surface area contributed by atoms with Crippen molar-refractivity contribution in [3.63, 3.8) is 0 Å². The number of nitrogen functional groups attached to an aromatic ring is 1. The summed E-state index contributed by atoms with van der Waals surface area (Å²) in [5, 5.41) is 0. The molecule has 1 amide bonds. The summed E-state index contributed by atoms with van der Waals surface area (Å²) in [4.78, 5) is 14.2. The van der Waals surface area contributed by atoms with Gasteiger partial charge in [0, 0.05) is 18.7 Å². The average Bonchev–Trinajstić information content (AvgIpc) is 2.36. The Morgan fingerprint density at radius 1 is 1.37 bits per heavy atom. The molecule has 0 saturated carbocycles. The fraction of sp³-hybridized carbons (Fsp3) is 0.500. The summed E-state index contributed by atoms with van der Waals surface area (Å²) in [5.74, 6) is 0.566. The van der Waals surface area contributed by atoms with E-state index in [-0.39, 0.29) is 18.1 Å². The standard InChI is InChI=1S/C14H20N2O3/c1-9-7-16(8-10(2)19-9)14(17)11-4-5-13(18-3)12(15)6-11/h4-6,9-10H,7-8,15H2,1-3H3/t9-,10-/m1/s1. The van der Waals surface area contributed by atoms with Crippen LogP contribution in [-0.4, -0.2) is 43.2 Å². The lowest BCUT2D eigenvalue weighted by Gasteiger charge is -2.35. The van der Waals surface area contributed by atoms with E-state index < -0.39 is 0 Å². The second kappa shape index (κ2) is 5.48. The van der Waals surface area contributed by atoms with Gasteiger partial charge in [0.2, 0.25) is 0 Å². The van der Waals surface area contributed by atoms with Crippen molar-refractivity contribution in [3.8, 4) is 5.75 Å². The minimum Gasteiger partial charge on any atom is -0.495 e. The molecule has 2 rings (SSSR count). The van der Waals surface area contributed by atoms with E-state index in [9.17, 15) is 4.79 Å². The van der Waals surface area contributed by atoms with Gasteiger partial charge in [0.05, 0.1) is 25.0 Å². The molecule has 2 N–H and O–H groups in total. The quantitative estimate of drug-likeness (QED) is 0.823. The zero-order chi connectivity index (χ0) is 14.0. The van der Waals surface area contributed by atoms with Crippen LogP contribution in [-0.2, 0) is 4.74 Å². The largest absolute Gasteiger partial charge is 0.495 e. The van der Waals surface area contributed by atoms with Gasteiger partial charge in [0.25, 0.3) is 5.91 Å². The lowest BCUT2D eigenvalue weighted by molar-refractivity contribution is -0.0586. The van der Waals surface area contributed by atoms with Crippen LogP contribution in [0.4, 0.5) is 5.69 Å². The van der Waals surface area contributed by atoms with Crippen molar-refractivity contribution in [3.05, 3.63) is 23.8 Å². The normalized spacial score (nSPS) is 23.2.